The number of carboxylic acids is 1. The second-order valence-corrected chi connectivity index (χ2v) is 6.13. The highest BCUT2D eigenvalue weighted by molar-refractivity contribution is 5.80. The van der Waals surface area contributed by atoms with Crippen LogP contribution in [-0.2, 0) is 4.79 Å². The highest BCUT2D eigenvalue weighted by Crippen LogP contribution is 2.22. The van der Waals surface area contributed by atoms with Crippen LogP contribution in [0.3, 0.4) is 0 Å². The first-order valence-electron chi connectivity index (χ1n) is 7.08. The molecule has 0 radical (unpaired) electrons. The molecule has 2 amide bonds. The fourth-order valence-electron chi connectivity index (χ4n) is 2.55. The van der Waals surface area contributed by atoms with Gasteiger partial charge in [-0.3, -0.25) is 4.79 Å². The van der Waals surface area contributed by atoms with Gasteiger partial charge >= 0.3 is 12.0 Å². The van der Waals surface area contributed by atoms with Gasteiger partial charge in [-0.25, -0.2) is 4.79 Å². The van der Waals surface area contributed by atoms with Crippen molar-refractivity contribution in [3.05, 3.63) is 0 Å². The fraction of sp³-hybridized carbons (Fsp3) is 0.857. The van der Waals surface area contributed by atoms with Crippen LogP contribution in [0.25, 0.3) is 0 Å². The molecule has 1 fully saturated rings. The highest BCUT2D eigenvalue weighted by Gasteiger charge is 2.31. The van der Waals surface area contributed by atoms with Gasteiger partial charge in [0.1, 0.15) is 6.54 Å². The lowest BCUT2D eigenvalue weighted by atomic mass is 9.95. The van der Waals surface area contributed by atoms with Gasteiger partial charge < -0.3 is 14.9 Å². The highest BCUT2D eigenvalue weighted by atomic mass is 16.4. The molecule has 5 heteroatoms. The summed E-state index contributed by atoms with van der Waals surface area (Å²) in [7, 11) is 0. The van der Waals surface area contributed by atoms with Crippen LogP contribution in [0.5, 0.6) is 0 Å². The summed E-state index contributed by atoms with van der Waals surface area (Å²) in [6.45, 7) is 9.16. The summed E-state index contributed by atoms with van der Waals surface area (Å²) in [5.41, 5.74) is 0. The van der Waals surface area contributed by atoms with Gasteiger partial charge in [-0.1, -0.05) is 20.8 Å². The number of amides is 2. The summed E-state index contributed by atoms with van der Waals surface area (Å²) < 4.78 is 0. The Hall–Kier alpha value is -1.26. The Morgan fingerprint density at radius 2 is 1.95 bits per heavy atom. The minimum atomic E-state index is -0.952. The van der Waals surface area contributed by atoms with E-state index in [1.165, 1.54) is 4.90 Å². The second-order valence-electron chi connectivity index (χ2n) is 6.13. The molecule has 2 atom stereocenters. The Balaban J connectivity index is 2.75. The topological polar surface area (TPSA) is 60.9 Å². The average molecular weight is 270 g/mol. The molecule has 1 aliphatic rings. The van der Waals surface area contributed by atoms with Crippen molar-refractivity contribution in [2.24, 2.45) is 11.8 Å². The number of hydrogen-bond donors (Lipinski definition) is 1. The number of hydrogen-bond acceptors (Lipinski definition) is 2. The third kappa shape index (κ3) is 4.73. The van der Waals surface area contributed by atoms with E-state index in [4.69, 9.17) is 5.11 Å². The zero-order valence-corrected chi connectivity index (χ0v) is 12.4. The van der Waals surface area contributed by atoms with Gasteiger partial charge in [0.15, 0.2) is 0 Å². The van der Waals surface area contributed by atoms with Crippen LogP contribution >= 0.6 is 0 Å². The van der Waals surface area contributed by atoms with E-state index in [0.717, 1.165) is 19.4 Å². The smallest absolute Gasteiger partial charge is 0.323 e. The van der Waals surface area contributed by atoms with E-state index in [1.807, 2.05) is 25.7 Å². The molecule has 0 saturated carbocycles. The van der Waals surface area contributed by atoms with Gasteiger partial charge in [0.05, 0.1) is 0 Å². The Kier molecular flexibility index (Phi) is 5.63. The molecule has 5 nitrogen and oxygen atoms in total. The molecule has 0 spiro atoms. The lowest BCUT2D eigenvalue weighted by Crippen LogP contribution is -2.52. The van der Waals surface area contributed by atoms with E-state index in [0.29, 0.717) is 12.5 Å². The molecule has 0 aliphatic carbocycles. The summed E-state index contributed by atoms with van der Waals surface area (Å²) in [5.74, 6) is -0.196. The number of carboxylic acid groups (broad SMARTS) is 1. The van der Waals surface area contributed by atoms with E-state index in [9.17, 15) is 9.59 Å². The van der Waals surface area contributed by atoms with Crippen molar-refractivity contribution in [3.8, 4) is 0 Å². The average Bonchev–Trinajstić information content (AvgIpc) is 2.29. The zero-order valence-electron chi connectivity index (χ0n) is 12.4. The quantitative estimate of drug-likeness (QED) is 0.852. The minimum absolute atomic E-state index is 0.129. The van der Waals surface area contributed by atoms with E-state index >= 15 is 0 Å². The lowest BCUT2D eigenvalue weighted by Gasteiger charge is -2.39. The molecule has 2 unspecified atom stereocenters. The SMILES string of the molecule is CC(C)CN(CC(=O)O)C(=O)N1CC(C)CCC1C. The van der Waals surface area contributed by atoms with Crippen molar-refractivity contribution in [2.75, 3.05) is 19.6 Å². The number of carbonyl (C=O) groups excluding carboxylic acids is 1. The van der Waals surface area contributed by atoms with Gasteiger partial charge in [-0.2, -0.15) is 0 Å². The number of piperidine rings is 1. The predicted molar refractivity (Wildman–Crippen MR) is 74.0 cm³/mol. The molecular weight excluding hydrogens is 244 g/mol. The molecule has 0 aromatic heterocycles. The van der Waals surface area contributed by atoms with Crippen LogP contribution in [0, 0.1) is 11.8 Å². The Morgan fingerprint density at radius 1 is 1.32 bits per heavy atom. The van der Waals surface area contributed by atoms with Crippen molar-refractivity contribution in [2.45, 2.75) is 46.6 Å². The normalized spacial score (nSPS) is 23.5. The number of aliphatic carboxylic acids is 1. The van der Waals surface area contributed by atoms with Crippen LogP contribution < -0.4 is 0 Å². The van der Waals surface area contributed by atoms with E-state index in [-0.39, 0.29) is 24.5 Å². The Labute approximate surface area is 115 Å². The molecule has 0 bridgehead atoms. The first-order valence-corrected chi connectivity index (χ1v) is 7.08. The number of carbonyl (C=O) groups is 2. The monoisotopic (exact) mass is 270 g/mol. The van der Waals surface area contributed by atoms with Crippen LogP contribution in [-0.4, -0.2) is 52.6 Å². The molecule has 110 valence electrons. The molecule has 1 aliphatic heterocycles. The van der Waals surface area contributed by atoms with Crippen LogP contribution in [0.1, 0.15) is 40.5 Å². The molecule has 1 rings (SSSR count). The molecule has 1 heterocycles. The largest absolute Gasteiger partial charge is 0.480 e. The molecule has 1 N–H and O–H groups in total. The number of nitrogens with zero attached hydrogens (tertiary/aromatic N) is 2. The number of likely N-dealkylation sites (tertiary alicyclic amines) is 1. The van der Waals surface area contributed by atoms with Crippen molar-refractivity contribution < 1.29 is 14.7 Å². The van der Waals surface area contributed by atoms with Gasteiger partial charge in [0.25, 0.3) is 0 Å². The van der Waals surface area contributed by atoms with Crippen molar-refractivity contribution >= 4 is 12.0 Å². The van der Waals surface area contributed by atoms with Crippen molar-refractivity contribution in [1.29, 1.82) is 0 Å². The van der Waals surface area contributed by atoms with Crippen LogP contribution in [0.15, 0.2) is 0 Å². The fourth-order valence-corrected chi connectivity index (χ4v) is 2.55. The van der Waals surface area contributed by atoms with Crippen LogP contribution in [0.2, 0.25) is 0 Å². The second kappa shape index (κ2) is 6.78. The first kappa shape index (κ1) is 15.8. The first-order chi connectivity index (χ1) is 8.81. The lowest BCUT2D eigenvalue weighted by molar-refractivity contribution is -0.137. The summed E-state index contributed by atoms with van der Waals surface area (Å²) in [6, 6.07) is 0.0716. The van der Waals surface area contributed by atoms with Gasteiger partial charge in [0, 0.05) is 19.1 Å². The summed E-state index contributed by atoms with van der Waals surface area (Å²) in [5, 5.41) is 8.95. The molecule has 0 aromatic carbocycles. The standard InChI is InChI=1S/C14H26N2O3/c1-10(2)7-15(9-13(17)18)14(19)16-8-11(3)5-6-12(16)4/h10-12H,5-9H2,1-4H3,(H,17,18). The maximum Gasteiger partial charge on any atom is 0.323 e. The van der Waals surface area contributed by atoms with Gasteiger partial charge in [-0.15, -0.1) is 0 Å². The molecule has 0 aromatic rings. The minimum Gasteiger partial charge on any atom is -0.480 e. The van der Waals surface area contributed by atoms with Crippen molar-refractivity contribution in [1.82, 2.24) is 9.80 Å². The van der Waals surface area contributed by atoms with E-state index in [1.54, 1.807) is 0 Å². The predicted octanol–water partition coefficient (Wildman–Crippen LogP) is 2.27. The van der Waals surface area contributed by atoms with E-state index < -0.39 is 5.97 Å². The Bertz CT molecular complexity index is 331. The third-order valence-electron chi connectivity index (χ3n) is 3.55. The zero-order chi connectivity index (χ0) is 14.6. The maximum atomic E-state index is 12.5. The molecule has 19 heavy (non-hydrogen) atoms. The third-order valence-corrected chi connectivity index (χ3v) is 3.55. The number of urea groups is 1. The number of rotatable bonds is 4. The molecule has 1 saturated heterocycles. The molecular formula is C14H26N2O3. The van der Waals surface area contributed by atoms with Gasteiger partial charge in [0.2, 0.25) is 0 Å². The van der Waals surface area contributed by atoms with Crippen molar-refractivity contribution in [3.63, 3.8) is 0 Å². The van der Waals surface area contributed by atoms with E-state index in [2.05, 4.69) is 6.92 Å². The maximum absolute atomic E-state index is 12.5. The summed E-state index contributed by atoms with van der Waals surface area (Å²) in [6.07, 6.45) is 2.13. The Morgan fingerprint density at radius 3 is 2.47 bits per heavy atom. The summed E-state index contributed by atoms with van der Waals surface area (Å²) >= 11 is 0. The van der Waals surface area contributed by atoms with Gasteiger partial charge in [-0.05, 0) is 31.6 Å². The van der Waals surface area contributed by atoms with Crippen LogP contribution in [0.4, 0.5) is 4.79 Å². The summed E-state index contributed by atoms with van der Waals surface area (Å²) in [4.78, 5) is 26.7.